The van der Waals surface area contributed by atoms with Crippen molar-refractivity contribution < 1.29 is 14.3 Å². The maximum absolute atomic E-state index is 11.9. The SMILES string of the molecule is COc1ccc(C)cc1CC(=O)NCC1CCCO1. The number of hydrogen-bond acceptors (Lipinski definition) is 3. The second kappa shape index (κ2) is 6.57. The number of methoxy groups -OCH3 is 1. The summed E-state index contributed by atoms with van der Waals surface area (Å²) in [7, 11) is 1.62. The predicted molar refractivity (Wildman–Crippen MR) is 73.4 cm³/mol. The normalized spacial score (nSPS) is 18.3. The van der Waals surface area contributed by atoms with Crippen molar-refractivity contribution in [1.29, 1.82) is 0 Å². The van der Waals surface area contributed by atoms with E-state index in [1.807, 2.05) is 25.1 Å². The van der Waals surface area contributed by atoms with Gasteiger partial charge in [-0.3, -0.25) is 4.79 Å². The number of carbonyl (C=O) groups excluding carboxylic acids is 1. The summed E-state index contributed by atoms with van der Waals surface area (Å²) in [4.78, 5) is 11.9. The summed E-state index contributed by atoms with van der Waals surface area (Å²) in [5.74, 6) is 0.775. The fraction of sp³-hybridized carbons (Fsp3) is 0.533. The molecule has 1 aromatic carbocycles. The average Bonchev–Trinajstić information content (AvgIpc) is 2.90. The molecule has 1 saturated heterocycles. The lowest BCUT2D eigenvalue weighted by Crippen LogP contribution is -2.32. The quantitative estimate of drug-likeness (QED) is 0.882. The minimum absolute atomic E-state index is 0.0133. The molecule has 0 saturated carbocycles. The number of rotatable bonds is 5. The molecule has 4 heteroatoms. The Morgan fingerprint density at radius 1 is 1.53 bits per heavy atom. The molecule has 0 spiro atoms. The Labute approximate surface area is 114 Å². The fourth-order valence-electron chi connectivity index (χ4n) is 2.31. The molecular weight excluding hydrogens is 242 g/mol. The van der Waals surface area contributed by atoms with E-state index in [0.29, 0.717) is 13.0 Å². The van der Waals surface area contributed by atoms with Crippen molar-refractivity contribution >= 4 is 5.91 Å². The monoisotopic (exact) mass is 263 g/mol. The Kier molecular flexibility index (Phi) is 4.80. The Hall–Kier alpha value is -1.55. The van der Waals surface area contributed by atoms with Gasteiger partial charge in [0.25, 0.3) is 0 Å². The molecule has 2 rings (SSSR count). The summed E-state index contributed by atoms with van der Waals surface area (Å²) in [6.07, 6.45) is 2.65. The molecule has 1 atom stereocenters. The molecule has 0 bridgehead atoms. The summed E-state index contributed by atoms with van der Waals surface area (Å²) < 4.78 is 10.8. The van der Waals surface area contributed by atoms with Gasteiger partial charge in [-0.25, -0.2) is 0 Å². The third kappa shape index (κ3) is 3.96. The van der Waals surface area contributed by atoms with Gasteiger partial charge < -0.3 is 14.8 Å². The van der Waals surface area contributed by atoms with Gasteiger partial charge in [0.2, 0.25) is 5.91 Å². The number of benzene rings is 1. The molecule has 1 N–H and O–H groups in total. The molecule has 1 unspecified atom stereocenters. The topological polar surface area (TPSA) is 47.6 Å². The summed E-state index contributed by atoms with van der Waals surface area (Å²) in [5.41, 5.74) is 2.05. The molecule has 1 fully saturated rings. The van der Waals surface area contributed by atoms with Crippen molar-refractivity contribution in [3.63, 3.8) is 0 Å². The predicted octanol–water partition coefficient (Wildman–Crippen LogP) is 1.84. The summed E-state index contributed by atoms with van der Waals surface area (Å²) >= 11 is 0. The second-order valence-electron chi connectivity index (χ2n) is 4.93. The third-order valence-corrected chi connectivity index (χ3v) is 3.34. The van der Waals surface area contributed by atoms with E-state index >= 15 is 0 Å². The van der Waals surface area contributed by atoms with Crippen LogP contribution in [-0.2, 0) is 16.0 Å². The number of aryl methyl sites for hydroxylation is 1. The maximum Gasteiger partial charge on any atom is 0.224 e. The van der Waals surface area contributed by atoms with E-state index in [1.54, 1.807) is 7.11 Å². The third-order valence-electron chi connectivity index (χ3n) is 3.34. The standard InChI is InChI=1S/C15H21NO3/c1-11-5-6-14(18-2)12(8-11)9-15(17)16-10-13-4-3-7-19-13/h5-6,8,13H,3-4,7,9-10H2,1-2H3,(H,16,17). The average molecular weight is 263 g/mol. The van der Waals surface area contributed by atoms with Crippen LogP contribution in [0.25, 0.3) is 0 Å². The molecule has 0 aromatic heterocycles. The van der Waals surface area contributed by atoms with E-state index in [-0.39, 0.29) is 12.0 Å². The van der Waals surface area contributed by atoms with Crippen molar-refractivity contribution in [3.8, 4) is 5.75 Å². The highest BCUT2D eigenvalue weighted by Crippen LogP contribution is 2.20. The number of hydrogen-bond donors (Lipinski definition) is 1. The number of ether oxygens (including phenoxy) is 2. The van der Waals surface area contributed by atoms with E-state index in [4.69, 9.17) is 9.47 Å². The first-order valence-electron chi connectivity index (χ1n) is 6.71. The summed E-state index contributed by atoms with van der Waals surface area (Å²) in [6, 6.07) is 5.87. The lowest BCUT2D eigenvalue weighted by Gasteiger charge is -2.12. The smallest absolute Gasteiger partial charge is 0.224 e. The molecule has 1 aromatic rings. The lowest BCUT2D eigenvalue weighted by atomic mass is 10.1. The number of carbonyl (C=O) groups is 1. The Morgan fingerprint density at radius 2 is 2.37 bits per heavy atom. The van der Waals surface area contributed by atoms with Crippen LogP contribution in [0.15, 0.2) is 18.2 Å². The fourth-order valence-corrected chi connectivity index (χ4v) is 2.31. The van der Waals surface area contributed by atoms with Crippen molar-refractivity contribution in [2.75, 3.05) is 20.3 Å². The largest absolute Gasteiger partial charge is 0.496 e. The first kappa shape index (κ1) is 13.9. The van der Waals surface area contributed by atoms with Crippen molar-refractivity contribution in [2.24, 2.45) is 0 Å². The first-order valence-corrected chi connectivity index (χ1v) is 6.71. The van der Waals surface area contributed by atoms with Gasteiger partial charge in [-0.2, -0.15) is 0 Å². The van der Waals surface area contributed by atoms with E-state index < -0.39 is 0 Å². The minimum atomic E-state index is 0.0133. The maximum atomic E-state index is 11.9. The highest BCUT2D eigenvalue weighted by molar-refractivity contribution is 5.79. The molecule has 4 nitrogen and oxygen atoms in total. The highest BCUT2D eigenvalue weighted by atomic mass is 16.5. The van der Waals surface area contributed by atoms with Crippen LogP contribution in [0.1, 0.15) is 24.0 Å². The van der Waals surface area contributed by atoms with E-state index in [1.165, 1.54) is 0 Å². The van der Waals surface area contributed by atoms with Gasteiger partial charge in [-0.1, -0.05) is 17.7 Å². The zero-order valence-electron chi connectivity index (χ0n) is 11.6. The lowest BCUT2D eigenvalue weighted by molar-refractivity contribution is -0.120. The minimum Gasteiger partial charge on any atom is -0.496 e. The van der Waals surface area contributed by atoms with Gasteiger partial charge in [0.15, 0.2) is 0 Å². The van der Waals surface area contributed by atoms with E-state index in [9.17, 15) is 4.79 Å². The van der Waals surface area contributed by atoms with Gasteiger partial charge >= 0.3 is 0 Å². The Balaban J connectivity index is 1.88. The van der Waals surface area contributed by atoms with Gasteiger partial charge in [0.05, 0.1) is 19.6 Å². The van der Waals surface area contributed by atoms with E-state index in [0.717, 1.165) is 36.3 Å². The van der Waals surface area contributed by atoms with Crippen LogP contribution in [0.5, 0.6) is 5.75 Å². The van der Waals surface area contributed by atoms with E-state index in [2.05, 4.69) is 5.32 Å². The van der Waals surface area contributed by atoms with Crippen molar-refractivity contribution in [2.45, 2.75) is 32.3 Å². The van der Waals surface area contributed by atoms with Gasteiger partial charge in [0.1, 0.15) is 5.75 Å². The molecule has 104 valence electrons. The van der Waals surface area contributed by atoms with Crippen LogP contribution in [0.4, 0.5) is 0 Å². The second-order valence-corrected chi connectivity index (χ2v) is 4.93. The molecule has 19 heavy (non-hydrogen) atoms. The molecule has 0 aliphatic carbocycles. The van der Waals surface area contributed by atoms with Gasteiger partial charge in [-0.05, 0) is 25.8 Å². The Morgan fingerprint density at radius 3 is 3.05 bits per heavy atom. The summed E-state index contributed by atoms with van der Waals surface area (Å²) in [5, 5.41) is 2.92. The Bertz CT molecular complexity index is 439. The highest BCUT2D eigenvalue weighted by Gasteiger charge is 2.16. The van der Waals surface area contributed by atoms with Crippen LogP contribution >= 0.6 is 0 Å². The van der Waals surface area contributed by atoms with Gasteiger partial charge in [0, 0.05) is 18.7 Å². The molecular formula is C15H21NO3. The number of nitrogens with one attached hydrogen (secondary N) is 1. The number of amides is 1. The molecule has 1 aliphatic heterocycles. The molecule has 0 radical (unpaired) electrons. The molecule has 1 heterocycles. The molecule has 1 amide bonds. The van der Waals surface area contributed by atoms with Crippen LogP contribution in [0, 0.1) is 6.92 Å². The van der Waals surface area contributed by atoms with Crippen molar-refractivity contribution in [3.05, 3.63) is 29.3 Å². The van der Waals surface area contributed by atoms with Crippen LogP contribution in [-0.4, -0.2) is 32.3 Å². The zero-order valence-corrected chi connectivity index (χ0v) is 11.6. The zero-order chi connectivity index (χ0) is 13.7. The first-order chi connectivity index (χ1) is 9.19. The molecule has 1 aliphatic rings. The van der Waals surface area contributed by atoms with Crippen LogP contribution < -0.4 is 10.1 Å². The van der Waals surface area contributed by atoms with Crippen LogP contribution in [0.2, 0.25) is 0 Å². The van der Waals surface area contributed by atoms with Crippen molar-refractivity contribution in [1.82, 2.24) is 5.32 Å². The van der Waals surface area contributed by atoms with Gasteiger partial charge in [-0.15, -0.1) is 0 Å². The van der Waals surface area contributed by atoms with Crippen LogP contribution in [0.3, 0.4) is 0 Å². The summed E-state index contributed by atoms with van der Waals surface area (Å²) in [6.45, 7) is 3.42.